The van der Waals surface area contributed by atoms with Crippen LogP contribution in [0.15, 0.2) is 18.2 Å². The molecular weight excluding hydrogens is 273 g/mol. The molecule has 3 nitrogen and oxygen atoms in total. The third-order valence-electron chi connectivity index (χ3n) is 3.01. The molecule has 5 heteroatoms. The maximum Gasteiger partial charge on any atom is 0.227 e. The Kier molecular flexibility index (Phi) is 4.25. The van der Waals surface area contributed by atoms with Crippen LogP contribution in [0.25, 0.3) is 0 Å². The lowest BCUT2D eigenvalue weighted by molar-refractivity contribution is -0.133. The van der Waals surface area contributed by atoms with Crippen LogP contribution in [0.3, 0.4) is 0 Å². The van der Waals surface area contributed by atoms with Crippen LogP contribution >= 0.6 is 23.2 Å². The highest BCUT2D eigenvalue weighted by atomic mass is 35.5. The van der Waals surface area contributed by atoms with Gasteiger partial charge in [0.05, 0.1) is 16.5 Å². The first-order valence-corrected chi connectivity index (χ1v) is 6.55. The van der Waals surface area contributed by atoms with Crippen molar-refractivity contribution in [2.24, 2.45) is 0 Å². The lowest BCUT2D eigenvalue weighted by atomic mass is 10.1. The van der Waals surface area contributed by atoms with Gasteiger partial charge in [-0.3, -0.25) is 9.59 Å². The van der Waals surface area contributed by atoms with Crippen molar-refractivity contribution in [3.05, 3.63) is 33.8 Å². The molecule has 18 heavy (non-hydrogen) atoms. The fourth-order valence-electron chi connectivity index (χ4n) is 1.94. The van der Waals surface area contributed by atoms with E-state index in [1.807, 2.05) is 0 Å². The number of benzene rings is 1. The minimum Gasteiger partial charge on any atom is -0.342 e. The summed E-state index contributed by atoms with van der Waals surface area (Å²) in [5.41, 5.74) is 0.839. The first-order valence-electron chi connectivity index (χ1n) is 5.79. The Labute approximate surface area is 116 Å². The van der Waals surface area contributed by atoms with Gasteiger partial charge >= 0.3 is 0 Å². The fraction of sp³-hybridized carbons (Fsp3) is 0.385. The summed E-state index contributed by atoms with van der Waals surface area (Å²) in [5, 5.41) is 0.937. The largest absolute Gasteiger partial charge is 0.342 e. The van der Waals surface area contributed by atoms with Crippen LogP contribution < -0.4 is 0 Å². The monoisotopic (exact) mass is 285 g/mol. The van der Waals surface area contributed by atoms with Gasteiger partial charge in [-0.1, -0.05) is 29.3 Å². The van der Waals surface area contributed by atoms with Gasteiger partial charge in [-0.15, -0.1) is 0 Å². The van der Waals surface area contributed by atoms with Crippen LogP contribution in [0.1, 0.15) is 18.4 Å². The van der Waals surface area contributed by atoms with Crippen LogP contribution in [-0.2, 0) is 16.0 Å². The SMILES string of the molecule is O=C1CCN(C(=O)Cc2ccc(Cl)c(Cl)c2)CC1. The molecule has 96 valence electrons. The Bertz CT molecular complexity index is 478. The molecule has 0 unspecified atom stereocenters. The van der Waals surface area contributed by atoms with Crippen molar-refractivity contribution < 1.29 is 9.59 Å². The molecule has 1 fully saturated rings. The zero-order valence-electron chi connectivity index (χ0n) is 9.79. The number of ketones is 1. The lowest BCUT2D eigenvalue weighted by Gasteiger charge is -2.26. The topological polar surface area (TPSA) is 37.4 Å². The average Bonchev–Trinajstić information content (AvgIpc) is 2.34. The number of amides is 1. The van der Waals surface area contributed by atoms with E-state index in [-0.39, 0.29) is 11.7 Å². The number of carbonyl (C=O) groups excluding carboxylic acids is 2. The van der Waals surface area contributed by atoms with Gasteiger partial charge in [-0.05, 0) is 17.7 Å². The fourth-order valence-corrected chi connectivity index (χ4v) is 2.26. The van der Waals surface area contributed by atoms with Crippen molar-refractivity contribution in [1.82, 2.24) is 4.90 Å². The van der Waals surface area contributed by atoms with Gasteiger partial charge in [0.15, 0.2) is 0 Å². The van der Waals surface area contributed by atoms with Gasteiger partial charge < -0.3 is 4.90 Å². The molecule has 1 saturated heterocycles. The molecule has 1 aromatic carbocycles. The Balaban J connectivity index is 1.98. The van der Waals surface area contributed by atoms with Crippen molar-refractivity contribution in [1.29, 1.82) is 0 Å². The van der Waals surface area contributed by atoms with Crippen LogP contribution in [-0.4, -0.2) is 29.7 Å². The summed E-state index contributed by atoms with van der Waals surface area (Å²) in [4.78, 5) is 24.8. The minimum atomic E-state index is 0.0286. The molecule has 0 aliphatic carbocycles. The van der Waals surface area contributed by atoms with Crippen molar-refractivity contribution in [2.75, 3.05) is 13.1 Å². The molecule has 1 heterocycles. The van der Waals surface area contributed by atoms with Crippen molar-refractivity contribution in [3.63, 3.8) is 0 Å². The van der Waals surface area contributed by atoms with Gasteiger partial charge in [0.2, 0.25) is 5.91 Å². The molecule has 0 radical (unpaired) electrons. The quantitative estimate of drug-likeness (QED) is 0.838. The Morgan fingerprint density at radius 2 is 1.83 bits per heavy atom. The highest BCUT2D eigenvalue weighted by Crippen LogP contribution is 2.23. The molecule has 1 aliphatic rings. The second-order valence-corrected chi connectivity index (χ2v) is 5.16. The zero-order valence-corrected chi connectivity index (χ0v) is 11.3. The lowest BCUT2D eigenvalue weighted by Crippen LogP contribution is -2.39. The third-order valence-corrected chi connectivity index (χ3v) is 3.75. The predicted molar refractivity (Wildman–Crippen MR) is 71.0 cm³/mol. The Hall–Kier alpha value is -1.06. The van der Waals surface area contributed by atoms with Crippen LogP contribution in [0.2, 0.25) is 10.0 Å². The predicted octanol–water partition coefficient (Wildman–Crippen LogP) is 2.73. The highest BCUT2D eigenvalue weighted by Gasteiger charge is 2.20. The molecule has 1 aliphatic heterocycles. The summed E-state index contributed by atoms with van der Waals surface area (Å²) in [5.74, 6) is 0.259. The number of Topliss-reactive ketones (excluding diaryl/α,β-unsaturated/α-hetero) is 1. The van der Waals surface area contributed by atoms with E-state index in [0.717, 1.165) is 5.56 Å². The van der Waals surface area contributed by atoms with Gasteiger partial charge in [0.1, 0.15) is 5.78 Å². The number of hydrogen-bond donors (Lipinski definition) is 0. The molecular formula is C13H13Cl2NO2. The molecule has 0 atom stereocenters. The molecule has 0 aromatic heterocycles. The van der Waals surface area contributed by atoms with E-state index < -0.39 is 0 Å². The van der Waals surface area contributed by atoms with Gasteiger partial charge in [0, 0.05) is 25.9 Å². The summed E-state index contributed by atoms with van der Waals surface area (Å²) < 4.78 is 0. The van der Waals surface area contributed by atoms with E-state index in [1.165, 1.54) is 0 Å². The van der Waals surface area contributed by atoms with Crippen molar-refractivity contribution in [3.8, 4) is 0 Å². The molecule has 0 bridgehead atoms. The van der Waals surface area contributed by atoms with Gasteiger partial charge in [0.25, 0.3) is 0 Å². The molecule has 2 rings (SSSR count). The molecule has 0 spiro atoms. The van der Waals surface area contributed by atoms with Crippen LogP contribution in [0.4, 0.5) is 0 Å². The Morgan fingerprint density at radius 3 is 2.44 bits per heavy atom. The number of rotatable bonds is 2. The summed E-state index contributed by atoms with van der Waals surface area (Å²) in [7, 11) is 0. The zero-order chi connectivity index (χ0) is 13.1. The summed E-state index contributed by atoms with van der Waals surface area (Å²) in [6, 6.07) is 5.18. The highest BCUT2D eigenvalue weighted by molar-refractivity contribution is 6.42. The van der Waals surface area contributed by atoms with E-state index in [1.54, 1.807) is 23.1 Å². The van der Waals surface area contributed by atoms with E-state index >= 15 is 0 Å². The number of likely N-dealkylation sites (tertiary alicyclic amines) is 1. The second-order valence-electron chi connectivity index (χ2n) is 4.34. The summed E-state index contributed by atoms with van der Waals surface area (Å²) >= 11 is 11.7. The first-order chi connectivity index (χ1) is 8.56. The smallest absolute Gasteiger partial charge is 0.227 e. The van der Waals surface area contributed by atoms with Crippen molar-refractivity contribution in [2.45, 2.75) is 19.3 Å². The summed E-state index contributed by atoms with van der Waals surface area (Å²) in [6.07, 6.45) is 1.23. The standard InChI is InChI=1S/C13H13Cl2NO2/c14-11-2-1-9(7-12(11)15)8-13(18)16-5-3-10(17)4-6-16/h1-2,7H,3-6,8H2. The van der Waals surface area contributed by atoms with E-state index in [9.17, 15) is 9.59 Å². The maximum absolute atomic E-state index is 12.0. The molecule has 1 aromatic rings. The van der Waals surface area contributed by atoms with E-state index in [0.29, 0.717) is 42.4 Å². The second kappa shape index (κ2) is 5.72. The van der Waals surface area contributed by atoms with Crippen LogP contribution in [0, 0.1) is 0 Å². The number of hydrogen-bond acceptors (Lipinski definition) is 2. The molecule has 0 N–H and O–H groups in total. The first kappa shape index (κ1) is 13.4. The Morgan fingerprint density at radius 1 is 1.17 bits per heavy atom. The normalized spacial score (nSPS) is 15.9. The number of piperidine rings is 1. The molecule has 0 saturated carbocycles. The minimum absolute atomic E-state index is 0.0286. The third kappa shape index (κ3) is 3.24. The van der Waals surface area contributed by atoms with Crippen LogP contribution in [0.5, 0.6) is 0 Å². The van der Waals surface area contributed by atoms with Gasteiger partial charge in [-0.2, -0.15) is 0 Å². The van der Waals surface area contributed by atoms with E-state index in [2.05, 4.69) is 0 Å². The van der Waals surface area contributed by atoms with Gasteiger partial charge in [-0.25, -0.2) is 0 Å². The van der Waals surface area contributed by atoms with Crippen molar-refractivity contribution >= 4 is 34.9 Å². The maximum atomic E-state index is 12.0. The number of carbonyl (C=O) groups is 2. The summed E-state index contributed by atoms with van der Waals surface area (Å²) in [6.45, 7) is 1.05. The number of halogens is 2. The number of nitrogens with zero attached hydrogens (tertiary/aromatic N) is 1. The van der Waals surface area contributed by atoms with E-state index in [4.69, 9.17) is 23.2 Å². The average molecular weight is 286 g/mol. The molecule has 1 amide bonds.